The number of rotatable bonds is 8. The van der Waals surface area contributed by atoms with E-state index in [1.165, 1.54) is 24.1 Å². The number of hydrogen-bond acceptors (Lipinski definition) is 12. The molecule has 0 spiro atoms. The number of nitrogens with zero attached hydrogens (tertiary/aromatic N) is 4. The zero-order valence-electron chi connectivity index (χ0n) is 28.0. The van der Waals surface area contributed by atoms with Crippen LogP contribution in [0.5, 0.6) is 12.0 Å². The van der Waals surface area contributed by atoms with Crippen molar-refractivity contribution in [3.05, 3.63) is 100 Å². The van der Waals surface area contributed by atoms with E-state index < -0.39 is 16.8 Å². The number of benzene rings is 1. The van der Waals surface area contributed by atoms with Gasteiger partial charge in [-0.15, -0.1) is 0 Å². The predicted molar refractivity (Wildman–Crippen MR) is 187 cm³/mol. The van der Waals surface area contributed by atoms with E-state index in [0.29, 0.717) is 29.4 Å². The number of fused-ring (bicyclic) bond motifs is 3. The smallest absolute Gasteiger partial charge is 0.337 e. The monoisotopic (exact) mass is 682 g/mol. The summed E-state index contributed by atoms with van der Waals surface area (Å²) < 4.78 is 10.1. The second kappa shape index (κ2) is 15.7. The summed E-state index contributed by atoms with van der Waals surface area (Å²) in [6.07, 6.45) is 10.8. The molecule has 1 saturated carbocycles. The maximum atomic E-state index is 12.5. The number of H-pyrrole nitrogens is 2. The highest BCUT2D eigenvalue weighted by Crippen LogP contribution is 2.22. The fourth-order valence-electron chi connectivity index (χ4n) is 6.23. The normalized spacial score (nSPS) is 15.0. The molecular formula is C36H38N6O8. The minimum absolute atomic E-state index is 0.0106. The van der Waals surface area contributed by atoms with E-state index in [1.807, 2.05) is 32.0 Å². The van der Waals surface area contributed by atoms with Gasteiger partial charge in [-0.3, -0.25) is 19.6 Å². The number of aryl methyl sites for hydroxylation is 3. The first kappa shape index (κ1) is 34.2. The molecule has 0 amide bonds. The maximum Gasteiger partial charge on any atom is 0.337 e. The molecule has 260 valence electrons. The Morgan fingerprint density at radius 2 is 1.26 bits per heavy atom. The first-order valence-corrected chi connectivity index (χ1v) is 17.0. The molecule has 14 nitrogen and oxygen atoms in total. The van der Waals surface area contributed by atoms with Gasteiger partial charge in [-0.1, -0.05) is 67.7 Å². The minimum Gasteiger partial charge on any atom is -0.403 e. The van der Waals surface area contributed by atoms with Crippen LogP contribution in [0.4, 0.5) is 0 Å². The van der Waals surface area contributed by atoms with Crippen LogP contribution in [0.1, 0.15) is 93.9 Å². The van der Waals surface area contributed by atoms with Crippen LogP contribution in [0.25, 0.3) is 22.2 Å². The van der Waals surface area contributed by atoms with Crippen molar-refractivity contribution in [2.45, 2.75) is 90.9 Å². The van der Waals surface area contributed by atoms with Crippen molar-refractivity contribution < 1.29 is 18.5 Å². The lowest BCUT2D eigenvalue weighted by molar-refractivity contribution is 0.307. The van der Waals surface area contributed by atoms with Crippen LogP contribution in [0.2, 0.25) is 0 Å². The molecule has 0 saturated heterocycles. The Morgan fingerprint density at radius 1 is 0.700 bits per heavy atom. The molecule has 0 unspecified atom stereocenters. The number of nitrogens with one attached hydrogen (secondary N) is 2. The summed E-state index contributed by atoms with van der Waals surface area (Å²) in [4.78, 5) is 72.1. The standard InChI is InChI=1S/C20H19N3O4.C16H19N3O4/c1-2-6-13-11-16(24)26-19-17(13)18(25)21-20(22-19)27-23-15-10-5-8-12-7-3-4-9-14(12)15;1-2-6-10-9-12(20)22-15-13(10)14(21)17-16(18-15)23-19-11-7-4-3-5-8-11/h3-4,7,9,11H,2,5-6,8,10H2,1H3,(H,21,22,25);9H,2-8H2,1H3,(H,17,18,21)/b23-15-;. The van der Waals surface area contributed by atoms with Gasteiger partial charge in [0.25, 0.3) is 11.1 Å². The molecule has 4 aromatic heterocycles. The third-order valence-electron chi connectivity index (χ3n) is 8.51. The minimum atomic E-state index is -0.539. The highest BCUT2D eigenvalue weighted by Gasteiger charge is 2.18. The lowest BCUT2D eigenvalue weighted by Gasteiger charge is -2.16. The van der Waals surface area contributed by atoms with E-state index in [-0.39, 0.29) is 34.4 Å². The van der Waals surface area contributed by atoms with Gasteiger partial charge < -0.3 is 18.5 Å². The largest absolute Gasteiger partial charge is 0.403 e. The van der Waals surface area contributed by atoms with Crippen LogP contribution in [-0.4, -0.2) is 31.4 Å². The predicted octanol–water partition coefficient (Wildman–Crippen LogP) is 5.48. The summed E-state index contributed by atoms with van der Waals surface area (Å²) in [5.41, 5.74) is 3.39. The van der Waals surface area contributed by atoms with Gasteiger partial charge in [0.1, 0.15) is 10.8 Å². The lowest BCUT2D eigenvalue weighted by atomic mass is 9.90. The highest BCUT2D eigenvalue weighted by atomic mass is 16.6. The molecule has 4 heterocycles. The summed E-state index contributed by atoms with van der Waals surface area (Å²) in [7, 11) is 0. The molecule has 0 aliphatic heterocycles. The average molecular weight is 683 g/mol. The fraction of sp³-hybridized carbons (Fsp3) is 0.389. The Balaban J connectivity index is 0.000000175. The molecule has 7 rings (SSSR count). The van der Waals surface area contributed by atoms with Gasteiger partial charge in [-0.2, -0.15) is 9.97 Å². The average Bonchev–Trinajstić information content (AvgIpc) is 3.10. The lowest BCUT2D eigenvalue weighted by Crippen LogP contribution is -2.16. The molecule has 50 heavy (non-hydrogen) atoms. The van der Waals surface area contributed by atoms with Gasteiger partial charge in [-0.05, 0) is 74.5 Å². The molecule has 5 aromatic rings. The quantitative estimate of drug-likeness (QED) is 0.198. The van der Waals surface area contributed by atoms with Crippen molar-refractivity contribution in [1.29, 1.82) is 0 Å². The van der Waals surface area contributed by atoms with Gasteiger partial charge in [0, 0.05) is 17.7 Å². The molecule has 14 heteroatoms. The molecule has 1 aromatic carbocycles. The van der Waals surface area contributed by atoms with Crippen molar-refractivity contribution in [3.8, 4) is 12.0 Å². The molecule has 2 aliphatic carbocycles. The maximum absolute atomic E-state index is 12.5. The Morgan fingerprint density at radius 3 is 1.84 bits per heavy atom. The van der Waals surface area contributed by atoms with Crippen molar-refractivity contribution in [2.24, 2.45) is 10.3 Å². The van der Waals surface area contributed by atoms with Crippen LogP contribution in [0, 0.1) is 0 Å². The van der Waals surface area contributed by atoms with Gasteiger partial charge in [0.2, 0.25) is 11.4 Å². The first-order chi connectivity index (χ1) is 24.3. The van der Waals surface area contributed by atoms with E-state index in [2.05, 4.69) is 36.3 Å². The summed E-state index contributed by atoms with van der Waals surface area (Å²) in [6.45, 7) is 3.94. The van der Waals surface area contributed by atoms with Crippen molar-refractivity contribution in [1.82, 2.24) is 19.9 Å². The van der Waals surface area contributed by atoms with Crippen molar-refractivity contribution in [3.63, 3.8) is 0 Å². The SMILES string of the molecule is CCCc1cc(=O)oc2nc(O/N=C3/CCCc4ccccc43)[nH]c(=O)c12.CCCc1cc(=O)oc2nc(ON=C3CCCCC3)[nH]c(=O)c12. The molecule has 2 aliphatic rings. The van der Waals surface area contributed by atoms with E-state index in [9.17, 15) is 19.2 Å². The number of aromatic amines is 2. The zero-order chi connectivity index (χ0) is 35.0. The van der Waals surface area contributed by atoms with E-state index >= 15 is 0 Å². The summed E-state index contributed by atoms with van der Waals surface area (Å²) >= 11 is 0. The number of aromatic nitrogens is 4. The van der Waals surface area contributed by atoms with Crippen LogP contribution < -0.4 is 32.0 Å². The number of hydrogen-bond donors (Lipinski definition) is 2. The van der Waals surface area contributed by atoms with E-state index in [1.54, 1.807) is 0 Å². The fourth-order valence-corrected chi connectivity index (χ4v) is 6.23. The third-order valence-corrected chi connectivity index (χ3v) is 8.51. The molecule has 0 atom stereocenters. The number of oxime groups is 2. The van der Waals surface area contributed by atoms with Crippen LogP contribution in [-0.2, 0) is 19.3 Å². The second-order valence-corrected chi connectivity index (χ2v) is 12.2. The first-order valence-electron chi connectivity index (χ1n) is 17.0. The topological polar surface area (TPSA) is 195 Å². The van der Waals surface area contributed by atoms with Gasteiger partial charge >= 0.3 is 23.3 Å². The summed E-state index contributed by atoms with van der Waals surface area (Å²) in [5, 5.41) is 8.81. The Kier molecular flexibility index (Phi) is 10.7. The molecule has 0 bridgehead atoms. The second-order valence-electron chi connectivity index (χ2n) is 12.2. The van der Waals surface area contributed by atoms with Crippen LogP contribution in [0.3, 0.4) is 0 Å². The Labute approximate surface area is 285 Å². The van der Waals surface area contributed by atoms with Crippen LogP contribution >= 0.6 is 0 Å². The molecule has 1 fully saturated rings. The Hall–Kier alpha value is -5.66. The van der Waals surface area contributed by atoms with Gasteiger partial charge in [0.15, 0.2) is 0 Å². The van der Waals surface area contributed by atoms with Crippen molar-refractivity contribution in [2.75, 3.05) is 0 Å². The Bertz CT molecular complexity index is 2310. The summed E-state index contributed by atoms with van der Waals surface area (Å²) in [5.74, 6) is 0. The van der Waals surface area contributed by atoms with Crippen molar-refractivity contribution >= 4 is 33.6 Å². The molecule has 0 radical (unpaired) electrons. The molecular weight excluding hydrogens is 644 g/mol. The molecule has 2 N–H and O–H groups in total. The third kappa shape index (κ3) is 7.96. The van der Waals surface area contributed by atoms with Crippen LogP contribution in [0.15, 0.2) is 74.7 Å². The highest BCUT2D eigenvalue weighted by molar-refractivity contribution is 6.02. The van der Waals surface area contributed by atoms with Gasteiger partial charge in [-0.25, -0.2) is 9.59 Å². The summed E-state index contributed by atoms with van der Waals surface area (Å²) in [6, 6.07) is 10.6. The van der Waals surface area contributed by atoms with Gasteiger partial charge in [0.05, 0.1) is 11.4 Å². The van der Waals surface area contributed by atoms with E-state index in [4.69, 9.17) is 18.5 Å². The zero-order valence-corrected chi connectivity index (χ0v) is 28.0. The van der Waals surface area contributed by atoms with E-state index in [0.717, 1.165) is 74.8 Å².